The Bertz CT molecular complexity index is 1000. The minimum atomic E-state index is -0.0800. The lowest BCUT2D eigenvalue weighted by Crippen LogP contribution is -3.08. The highest BCUT2D eigenvalue weighted by Crippen LogP contribution is 2.34. The first-order chi connectivity index (χ1) is 14.5. The van der Waals surface area contributed by atoms with Gasteiger partial charge in [-0.3, -0.25) is 4.79 Å². The van der Waals surface area contributed by atoms with E-state index in [1.54, 1.807) is 11.3 Å². The second kappa shape index (κ2) is 9.02. The zero-order valence-electron chi connectivity index (χ0n) is 17.6. The van der Waals surface area contributed by atoms with E-state index in [2.05, 4.69) is 30.2 Å². The van der Waals surface area contributed by atoms with Crippen molar-refractivity contribution in [3.63, 3.8) is 0 Å². The Hall–Kier alpha value is -2.64. The maximum atomic E-state index is 12.8. The second-order valence-corrected chi connectivity index (χ2v) is 9.19. The van der Waals surface area contributed by atoms with E-state index in [9.17, 15) is 4.79 Å². The van der Waals surface area contributed by atoms with E-state index >= 15 is 0 Å². The number of hydrogen-bond donors (Lipinski definition) is 2. The molecule has 1 amide bonds. The third-order valence-corrected chi connectivity index (χ3v) is 6.20. The van der Waals surface area contributed by atoms with Crippen LogP contribution in [0.15, 0.2) is 42.5 Å². The monoisotopic (exact) mass is 426 g/mol. The van der Waals surface area contributed by atoms with Crippen LogP contribution < -0.4 is 19.7 Å². The van der Waals surface area contributed by atoms with E-state index in [0.29, 0.717) is 19.8 Å². The third kappa shape index (κ3) is 4.74. The number of thiazole rings is 1. The van der Waals surface area contributed by atoms with E-state index < -0.39 is 0 Å². The molecule has 2 atom stereocenters. The normalized spacial score (nSPS) is 15.2. The number of benzene rings is 2. The number of ether oxygens (including phenoxy) is 2. The lowest BCUT2D eigenvalue weighted by molar-refractivity contribution is -0.885. The van der Waals surface area contributed by atoms with Crippen LogP contribution in [0.2, 0.25) is 0 Å². The van der Waals surface area contributed by atoms with Crippen LogP contribution in [0.5, 0.6) is 11.5 Å². The molecule has 4 rings (SSSR count). The Balaban J connectivity index is 1.39. The molecule has 1 aliphatic heterocycles. The number of rotatable bonds is 7. The van der Waals surface area contributed by atoms with Gasteiger partial charge >= 0.3 is 0 Å². The van der Waals surface area contributed by atoms with Crippen molar-refractivity contribution in [3.05, 3.63) is 53.0 Å². The summed E-state index contributed by atoms with van der Waals surface area (Å²) in [5, 5.41) is 4.26. The van der Waals surface area contributed by atoms with E-state index in [-0.39, 0.29) is 17.9 Å². The van der Waals surface area contributed by atoms with Gasteiger partial charge in [0.15, 0.2) is 18.0 Å². The number of fused-ring (bicyclic) bond motifs is 2. The van der Waals surface area contributed by atoms with Crippen LogP contribution in [-0.2, 0) is 11.3 Å². The van der Waals surface area contributed by atoms with Crippen LogP contribution in [0.4, 0.5) is 0 Å². The number of aromatic nitrogens is 1. The van der Waals surface area contributed by atoms with Gasteiger partial charge < -0.3 is 19.7 Å². The highest BCUT2D eigenvalue weighted by molar-refractivity contribution is 7.18. The Morgan fingerprint density at radius 2 is 1.93 bits per heavy atom. The van der Waals surface area contributed by atoms with Crippen LogP contribution in [0, 0.1) is 5.92 Å². The predicted octanol–water partition coefficient (Wildman–Crippen LogP) is 2.60. The summed E-state index contributed by atoms with van der Waals surface area (Å²) >= 11 is 1.69. The summed E-state index contributed by atoms with van der Waals surface area (Å²) in [6, 6.07) is 14.0. The van der Waals surface area contributed by atoms with Crippen molar-refractivity contribution in [2.45, 2.75) is 26.4 Å². The number of nitrogens with zero attached hydrogens (tertiary/aromatic N) is 1. The van der Waals surface area contributed by atoms with Gasteiger partial charge in [0.2, 0.25) is 0 Å². The summed E-state index contributed by atoms with van der Waals surface area (Å²) in [5.41, 5.74) is 2.06. The van der Waals surface area contributed by atoms with Crippen LogP contribution >= 0.6 is 11.3 Å². The average molecular weight is 427 g/mol. The molecule has 2 heterocycles. The first-order valence-electron chi connectivity index (χ1n) is 10.3. The maximum absolute atomic E-state index is 12.8. The summed E-state index contributed by atoms with van der Waals surface area (Å²) in [7, 11) is 2.03. The highest BCUT2D eigenvalue weighted by atomic mass is 32.1. The van der Waals surface area contributed by atoms with Gasteiger partial charge in [-0.05, 0) is 35.7 Å². The molecule has 0 fully saturated rings. The lowest BCUT2D eigenvalue weighted by Gasteiger charge is -2.26. The first-order valence-corrected chi connectivity index (χ1v) is 11.2. The van der Waals surface area contributed by atoms with E-state index in [1.165, 1.54) is 4.70 Å². The van der Waals surface area contributed by atoms with Crippen molar-refractivity contribution < 1.29 is 19.2 Å². The standard InChI is InChI=1S/C23H27N3O3S/c1-15(2)23(16-8-9-18-19(12-16)29-11-10-28-18)25-21(27)13-26(3)14-22-24-17-6-4-5-7-20(17)30-22/h4-9,12,15,23H,10-11,13-14H2,1-3H3,(H,25,27)/p+1/t23-/m0/s1. The Morgan fingerprint density at radius 1 is 1.17 bits per heavy atom. The molecule has 6 nitrogen and oxygen atoms in total. The summed E-state index contributed by atoms with van der Waals surface area (Å²) in [5.74, 6) is 1.79. The number of hydrogen-bond acceptors (Lipinski definition) is 5. The summed E-state index contributed by atoms with van der Waals surface area (Å²) in [4.78, 5) is 18.6. The molecular weight excluding hydrogens is 398 g/mol. The van der Waals surface area contributed by atoms with Crippen molar-refractivity contribution in [2.75, 3.05) is 26.8 Å². The van der Waals surface area contributed by atoms with Gasteiger partial charge in [0.05, 0.1) is 23.3 Å². The predicted molar refractivity (Wildman–Crippen MR) is 118 cm³/mol. The third-order valence-electron chi connectivity index (χ3n) is 5.16. The van der Waals surface area contributed by atoms with Crippen molar-refractivity contribution in [1.29, 1.82) is 0 Å². The lowest BCUT2D eigenvalue weighted by atomic mass is 9.95. The minimum absolute atomic E-state index is 0.0298. The molecule has 1 unspecified atom stereocenters. The van der Waals surface area contributed by atoms with Crippen molar-refractivity contribution in [1.82, 2.24) is 10.3 Å². The molecule has 2 aromatic carbocycles. The number of amides is 1. The topological polar surface area (TPSA) is 64.9 Å². The Morgan fingerprint density at radius 3 is 2.70 bits per heavy atom. The van der Waals surface area contributed by atoms with Gasteiger partial charge in [0.25, 0.3) is 5.91 Å². The molecule has 0 radical (unpaired) electrons. The minimum Gasteiger partial charge on any atom is -0.486 e. The van der Waals surface area contributed by atoms with Crippen LogP contribution in [-0.4, -0.2) is 37.7 Å². The molecule has 7 heteroatoms. The van der Waals surface area contributed by atoms with E-state index in [1.807, 2.05) is 43.4 Å². The number of carbonyl (C=O) groups excluding carboxylic acids is 1. The molecular formula is C23H28N3O3S+. The van der Waals surface area contributed by atoms with Gasteiger partial charge in [0, 0.05) is 0 Å². The largest absolute Gasteiger partial charge is 0.486 e. The second-order valence-electron chi connectivity index (χ2n) is 8.08. The van der Waals surface area contributed by atoms with Crippen LogP contribution in [0.25, 0.3) is 10.2 Å². The summed E-state index contributed by atoms with van der Waals surface area (Å²) in [6.07, 6.45) is 0. The fourth-order valence-corrected chi connectivity index (χ4v) is 4.78. The summed E-state index contributed by atoms with van der Waals surface area (Å²) < 4.78 is 12.5. The molecule has 0 aliphatic carbocycles. The van der Waals surface area contributed by atoms with Crippen molar-refractivity contribution in [3.8, 4) is 11.5 Å². The molecule has 0 spiro atoms. The molecule has 30 heavy (non-hydrogen) atoms. The van der Waals surface area contributed by atoms with Crippen LogP contribution in [0.1, 0.15) is 30.5 Å². The number of carbonyl (C=O) groups is 1. The van der Waals surface area contributed by atoms with Gasteiger partial charge in [0.1, 0.15) is 24.8 Å². The maximum Gasteiger partial charge on any atom is 0.275 e. The fourth-order valence-electron chi connectivity index (χ4n) is 3.70. The number of nitrogens with one attached hydrogen (secondary N) is 2. The SMILES string of the molecule is CC(C)[C@H](NC(=O)C[NH+](C)Cc1nc2ccccc2s1)c1ccc2c(c1)OCCO2. The number of likely N-dealkylation sites (N-methyl/N-ethyl adjacent to an activating group) is 1. The van der Waals surface area contributed by atoms with Gasteiger partial charge in [-0.25, -0.2) is 4.98 Å². The smallest absolute Gasteiger partial charge is 0.275 e. The van der Waals surface area contributed by atoms with Crippen molar-refractivity contribution >= 4 is 27.5 Å². The molecule has 158 valence electrons. The Labute approximate surface area is 180 Å². The van der Waals surface area contributed by atoms with Crippen molar-refractivity contribution in [2.24, 2.45) is 5.92 Å². The zero-order valence-corrected chi connectivity index (χ0v) is 18.4. The average Bonchev–Trinajstić information content (AvgIpc) is 3.13. The molecule has 0 saturated heterocycles. The molecule has 1 aromatic heterocycles. The van der Waals surface area contributed by atoms with E-state index in [0.717, 1.165) is 39.0 Å². The fraction of sp³-hybridized carbons (Fsp3) is 0.391. The molecule has 0 bridgehead atoms. The van der Waals surface area contributed by atoms with Crippen LogP contribution in [0.3, 0.4) is 0 Å². The zero-order chi connectivity index (χ0) is 21.1. The number of quaternary nitrogens is 1. The first kappa shape index (κ1) is 20.6. The molecule has 1 aliphatic rings. The number of para-hydroxylation sites is 1. The van der Waals surface area contributed by atoms with Gasteiger partial charge in [-0.1, -0.05) is 32.0 Å². The quantitative estimate of drug-likeness (QED) is 0.610. The van der Waals surface area contributed by atoms with Gasteiger partial charge in [-0.15, -0.1) is 11.3 Å². The molecule has 2 N–H and O–H groups in total. The molecule has 3 aromatic rings. The van der Waals surface area contributed by atoms with E-state index in [4.69, 9.17) is 9.47 Å². The highest BCUT2D eigenvalue weighted by Gasteiger charge is 2.23. The molecule has 0 saturated carbocycles. The van der Waals surface area contributed by atoms with Gasteiger partial charge in [-0.2, -0.15) is 0 Å². The Kier molecular flexibility index (Phi) is 6.20. The summed E-state index contributed by atoms with van der Waals surface area (Å²) in [6.45, 7) is 6.46.